The lowest BCUT2D eigenvalue weighted by molar-refractivity contribution is 0.173. The number of carbonyl (C=O) groups is 1. The van der Waals surface area contributed by atoms with E-state index in [1.165, 1.54) is 0 Å². The van der Waals surface area contributed by atoms with Gasteiger partial charge in [0.2, 0.25) is 16.8 Å². The number of piperidine rings is 1. The van der Waals surface area contributed by atoms with E-state index in [-0.39, 0.29) is 18.9 Å². The predicted octanol–water partition coefficient (Wildman–Crippen LogP) is 2.54. The minimum Gasteiger partial charge on any atom is -0.489 e. The van der Waals surface area contributed by atoms with Crippen LogP contribution in [0.4, 0.5) is 10.5 Å². The molecule has 1 unspecified atom stereocenters. The van der Waals surface area contributed by atoms with Crippen molar-refractivity contribution < 1.29 is 27.4 Å². The topological polar surface area (TPSA) is 106 Å². The van der Waals surface area contributed by atoms with Gasteiger partial charge in [-0.2, -0.15) is 0 Å². The SMILES string of the molecule is CS(=O)(=O)NC1CCCN(C(=O)Nc2cccc(COc3ccc4c(c3)OCO4)c2)C1. The molecule has 166 valence electrons. The third-order valence-electron chi connectivity index (χ3n) is 5.02. The van der Waals surface area contributed by atoms with E-state index < -0.39 is 10.0 Å². The van der Waals surface area contributed by atoms with Crippen LogP contribution in [0, 0.1) is 0 Å². The van der Waals surface area contributed by atoms with Crippen molar-refractivity contribution in [2.24, 2.45) is 0 Å². The number of rotatable bonds is 6. The summed E-state index contributed by atoms with van der Waals surface area (Å²) in [7, 11) is -3.31. The van der Waals surface area contributed by atoms with Crippen LogP contribution < -0.4 is 24.2 Å². The normalized spacial score (nSPS) is 18.0. The lowest BCUT2D eigenvalue weighted by Crippen LogP contribution is -2.50. The Kier molecular flexibility index (Phi) is 6.19. The minimum atomic E-state index is -3.31. The van der Waals surface area contributed by atoms with Gasteiger partial charge in [0, 0.05) is 30.9 Å². The molecule has 0 spiro atoms. The number of likely N-dealkylation sites (tertiary alicyclic amines) is 1. The van der Waals surface area contributed by atoms with Crippen LogP contribution >= 0.6 is 0 Å². The van der Waals surface area contributed by atoms with Gasteiger partial charge in [-0.15, -0.1) is 0 Å². The Morgan fingerprint density at radius 3 is 2.87 bits per heavy atom. The Hall–Kier alpha value is -2.98. The first-order chi connectivity index (χ1) is 14.9. The molecule has 1 atom stereocenters. The third-order valence-corrected chi connectivity index (χ3v) is 5.78. The molecule has 2 N–H and O–H groups in total. The highest BCUT2D eigenvalue weighted by Gasteiger charge is 2.25. The van der Waals surface area contributed by atoms with Crippen LogP contribution in [-0.4, -0.2) is 51.5 Å². The zero-order valence-electron chi connectivity index (χ0n) is 17.2. The summed E-state index contributed by atoms with van der Waals surface area (Å²) in [5.41, 5.74) is 1.54. The fraction of sp³-hybridized carbons (Fsp3) is 0.381. The smallest absolute Gasteiger partial charge is 0.321 e. The number of nitrogens with one attached hydrogen (secondary N) is 2. The molecule has 2 aromatic rings. The number of amides is 2. The summed E-state index contributed by atoms with van der Waals surface area (Å²) in [4.78, 5) is 14.3. The first-order valence-electron chi connectivity index (χ1n) is 10.0. The van der Waals surface area contributed by atoms with Crippen LogP contribution in [0.3, 0.4) is 0 Å². The quantitative estimate of drug-likeness (QED) is 0.705. The number of hydrogen-bond donors (Lipinski definition) is 2. The molecule has 31 heavy (non-hydrogen) atoms. The molecule has 1 saturated heterocycles. The fourth-order valence-electron chi connectivity index (χ4n) is 3.64. The maximum atomic E-state index is 12.7. The van der Waals surface area contributed by atoms with Crippen LogP contribution in [0.25, 0.3) is 0 Å². The molecule has 2 aliphatic rings. The molecule has 0 aliphatic carbocycles. The standard InChI is InChI=1S/C21H25N3O6S/c1-31(26,27)23-17-6-3-9-24(12-17)21(25)22-16-5-2-4-15(10-16)13-28-18-7-8-19-20(11-18)30-14-29-19/h2,4-5,7-8,10-11,17,23H,3,6,9,12-14H2,1H3,(H,22,25). The molecule has 2 aliphatic heterocycles. The van der Waals surface area contributed by atoms with Crippen LogP contribution in [0.5, 0.6) is 17.2 Å². The zero-order valence-corrected chi connectivity index (χ0v) is 18.0. The van der Waals surface area contributed by atoms with Crippen LogP contribution in [0.2, 0.25) is 0 Å². The summed E-state index contributed by atoms with van der Waals surface area (Å²) in [5.74, 6) is 2.02. The molecule has 10 heteroatoms. The average Bonchev–Trinajstić information content (AvgIpc) is 3.19. The van der Waals surface area contributed by atoms with Gasteiger partial charge in [0.15, 0.2) is 11.5 Å². The van der Waals surface area contributed by atoms with E-state index in [1.54, 1.807) is 23.1 Å². The number of carbonyl (C=O) groups excluding carboxylic acids is 1. The van der Waals surface area contributed by atoms with Crippen LogP contribution in [0.1, 0.15) is 18.4 Å². The van der Waals surface area contributed by atoms with Gasteiger partial charge in [0.25, 0.3) is 0 Å². The molecule has 9 nitrogen and oxygen atoms in total. The molecule has 0 saturated carbocycles. The van der Waals surface area contributed by atoms with Crippen molar-refractivity contribution in [2.75, 3.05) is 31.5 Å². The lowest BCUT2D eigenvalue weighted by Gasteiger charge is -2.32. The van der Waals surface area contributed by atoms with E-state index in [2.05, 4.69) is 10.0 Å². The van der Waals surface area contributed by atoms with Gasteiger partial charge in [0.1, 0.15) is 12.4 Å². The van der Waals surface area contributed by atoms with Gasteiger partial charge in [-0.25, -0.2) is 17.9 Å². The highest BCUT2D eigenvalue weighted by molar-refractivity contribution is 7.88. The Morgan fingerprint density at radius 1 is 1.19 bits per heavy atom. The van der Waals surface area contributed by atoms with Crippen molar-refractivity contribution in [1.82, 2.24) is 9.62 Å². The maximum Gasteiger partial charge on any atom is 0.321 e. The van der Waals surface area contributed by atoms with E-state index in [0.717, 1.165) is 18.2 Å². The van der Waals surface area contributed by atoms with Gasteiger partial charge >= 0.3 is 6.03 Å². The van der Waals surface area contributed by atoms with Gasteiger partial charge in [0.05, 0.1) is 6.26 Å². The van der Waals surface area contributed by atoms with Gasteiger partial charge in [-0.05, 0) is 42.7 Å². The number of ether oxygens (including phenoxy) is 3. The summed E-state index contributed by atoms with van der Waals surface area (Å²) in [6, 6.07) is 12.3. The zero-order chi connectivity index (χ0) is 21.8. The molecule has 2 amide bonds. The number of sulfonamides is 1. The molecular formula is C21H25N3O6S. The number of fused-ring (bicyclic) bond motifs is 1. The van der Waals surface area contributed by atoms with Gasteiger partial charge in [-0.1, -0.05) is 12.1 Å². The Bertz CT molecular complexity index is 1060. The Balaban J connectivity index is 1.33. The summed E-state index contributed by atoms with van der Waals surface area (Å²) < 4.78 is 42.0. The Morgan fingerprint density at radius 2 is 2.03 bits per heavy atom. The number of anilines is 1. The van der Waals surface area contributed by atoms with E-state index >= 15 is 0 Å². The number of benzene rings is 2. The largest absolute Gasteiger partial charge is 0.489 e. The predicted molar refractivity (Wildman–Crippen MR) is 115 cm³/mol. The highest BCUT2D eigenvalue weighted by Crippen LogP contribution is 2.35. The number of hydrogen-bond acceptors (Lipinski definition) is 6. The van der Waals surface area contributed by atoms with E-state index in [4.69, 9.17) is 14.2 Å². The molecule has 0 aromatic heterocycles. The summed E-state index contributed by atoms with van der Waals surface area (Å²) >= 11 is 0. The first-order valence-corrected chi connectivity index (χ1v) is 11.9. The second-order valence-corrected chi connectivity index (χ2v) is 9.39. The van der Waals surface area contributed by atoms with E-state index in [0.29, 0.717) is 49.1 Å². The molecular weight excluding hydrogens is 422 g/mol. The van der Waals surface area contributed by atoms with Crippen LogP contribution in [-0.2, 0) is 16.6 Å². The van der Waals surface area contributed by atoms with Crippen molar-refractivity contribution in [1.29, 1.82) is 0 Å². The van der Waals surface area contributed by atoms with Gasteiger partial charge in [-0.3, -0.25) is 0 Å². The van der Waals surface area contributed by atoms with Crippen molar-refractivity contribution in [3.05, 3.63) is 48.0 Å². The number of urea groups is 1. The summed E-state index contributed by atoms with van der Waals surface area (Å²) in [6.45, 7) is 1.46. The van der Waals surface area contributed by atoms with Crippen molar-refractivity contribution in [3.63, 3.8) is 0 Å². The molecule has 4 rings (SSSR count). The van der Waals surface area contributed by atoms with E-state index in [1.807, 2.05) is 24.3 Å². The van der Waals surface area contributed by atoms with Crippen molar-refractivity contribution in [2.45, 2.75) is 25.5 Å². The minimum absolute atomic E-state index is 0.211. The molecule has 2 aromatic carbocycles. The van der Waals surface area contributed by atoms with Crippen LogP contribution in [0.15, 0.2) is 42.5 Å². The average molecular weight is 448 g/mol. The van der Waals surface area contributed by atoms with E-state index in [9.17, 15) is 13.2 Å². The molecule has 2 heterocycles. The first kappa shape index (κ1) is 21.3. The summed E-state index contributed by atoms with van der Waals surface area (Å²) in [5, 5.41) is 2.89. The molecule has 0 radical (unpaired) electrons. The highest BCUT2D eigenvalue weighted by atomic mass is 32.2. The molecule has 0 bridgehead atoms. The second kappa shape index (κ2) is 9.03. The molecule has 1 fully saturated rings. The second-order valence-electron chi connectivity index (χ2n) is 7.61. The van der Waals surface area contributed by atoms with Gasteiger partial charge < -0.3 is 24.4 Å². The fourth-order valence-corrected chi connectivity index (χ4v) is 4.43. The lowest BCUT2D eigenvalue weighted by atomic mass is 10.1. The third kappa shape index (κ3) is 5.80. The maximum absolute atomic E-state index is 12.7. The summed E-state index contributed by atoms with van der Waals surface area (Å²) in [6.07, 6.45) is 2.58. The Labute approximate surface area is 181 Å². The van der Waals surface area contributed by atoms with Crippen molar-refractivity contribution >= 4 is 21.7 Å². The monoisotopic (exact) mass is 447 g/mol. The number of nitrogens with zero attached hydrogens (tertiary/aromatic N) is 1. The van der Waals surface area contributed by atoms with Crippen molar-refractivity contribution in [3.8, 4) is 17.2 Å².